The van der Waals surface area contributed by atoms with Crippen LogP contribution in [0.3, 0.4) is 0 Å². The number of carbonyl (C=O) groups excluding carboxylic acids is 1. The Morgan fingerprint density at radius 1 is 1.25 bits per heavy atom. The highest BCUT2D eigenvalue weighted by atomic mass is 16.3. The van der Waals surface area contributed by atoms with Gasteiger partial charge in [-0.25, -0.2) is 0 Å². The molecule has 20 heavy (non-hydrogen) atoms. The van der Waals surface area contributed by atoms with Crippen LogP contribution in [0.5, 0.6) is 0 Å². The molecule has 2 bridgehead atoms. The Labute approximate surface area is 121 Å². The highest BCUT2D eigenvalue weighted by molar-refractivity contribution is 5.76. The first-order valence-corrected chi connectivity index (χ1v) is 8.28. The Bertz CT molecular complexity index is 357. The Hall–Kier alpha value is -0.610. The first-order chi connectivity index (χ1) is 9.52. The molecule has 0 aliphatic carbocycles. The average molecular weight is 280 g/mol. The number of hydrogen-bond acceptors (Lipinski definition) is 3. The summed E-state index contributed by atoms with van der Waals surface area (Å²) in [6, 6.07) is 1.33. The van der Waals surface area contributed by atoms with E-state index in [0.717, 1.165) is 38.8 Å². The predicted molar refractivity (Wildman–Crippen MR) is 78.3 cm³/mol. The molecular weight excluding hydrogens is 252 g/mol. The molecule has 4 heteroatoms. The van der Waals surface area contributed by atoms with Gasteiger partial charge in [-0.05, 0) is 57.8 Å². The van der Waals surface area contributed by atoms with Crippen LogP contribution in [-0.4, -0.2) is 46.7 Å². The molecule has 114 valence electrons. The maximum absolute atomic E-state index is 12.5. The third-order valence-electron chi connectivity index (χ3n) is 5.45. The molecule has 3 unspecified atom stereocenters. The Kier molecular flexibility index (Phi) is 4.04. The fraction of sp³-hybridized carbons (Fsp3) is 0.938. The van der Waals surface area contributed by atoms with Gasteiger partial charge in [0.15, 0.2) is 0 Å². The second-order valence-corrected chi connectivity index (χ2v) is 7.41. The fourth-order valence-electron chi connectivity index (χ4n) is 4.23. The molecule has 1 amide bonds. The van der Waals surface area contributed by atoms with E-state index in [1.54, 1.807) is 0 Å². The Morgan fingerprint density at radius 2 is 1.95 bits per heavy atom. The lowest BCUT2D eigenvalue weighted by Crippen LogP contribution is -2.41. The molecule has 2 N–H and O–H groups in total. The van der Waals surface area contributed by atoms with E-state index in [2.05, 4.69) is 5.32 Å². The van der Waals surface area contributed by atoms with Gasteiger partial charge < -0.3 is 15.3 Å². The van der Waals surface area contributed by atoms with Gasteiger partial charge in [0.1, 0.15) is 0 Å². The molecule has 3 heterocycles. The van der Waals surface area contributed by atoms with E-state index in [1.165, 1.54) is 25.7 Å². The number of nitrogens with one attached hydrogen (secondary N) is 1. The van der Waals surface area contributed by atoms with Gasteiger partial charge in [-0.2, -0.15) is 0 Å². The minimum atomic E-state index is -0.580. The molecule has 0 aromatic heterocycles. The summed E-state index contributed by atoms with van der Waals surface area (Å²) < 4.78 is 0. The van der Waals surface area contributed by atoms with Gasteiger partial charge in [0.25, 0.3) is 0 Å². The number of carbonyl (C=O) groups is 1. The largest absolute Gasteiger partial charge is 0.390 e. The van der Waals surface area contributed by atoms with E-state index in [-0.39, 0.29) is 0 Å². The summed E-state index contributed by atoms with van der Waals surface area (Å²) in [6.45, 7) is 3.45. The monoisotopic (exact) mass is 280 g/mol. The average Bonchev–Trinajstić information content (AvgIpc) is 2.61. The van der Waals surface area contributed by atoms with Gasteiger partial charge in [0.05, 0.1) is 5.60 Å². The summed E-state index contributed by atoms with van der Waals surface area (Å²) in [5.74, 6) is 0.888. The molecule has 3 aliphatic heterocycles. The van der Waals surface area contributed by atoms with Crippen molar-refractivity contribution in [3.63, 3.8) is 0 Å². The lowest BCUT2D eigenvalue weighted by atomic mass is 9.89. The van der Waals surface area contributed by atoms with Crippen molar-refractivity contribution in [2.45, 2.75) is 76.0 Å². The second-order valence-electron chi connectivity index (χ2n) is 7.41. The summed E-state index contributed by atoms with van der Waals surface area (Å²) in [6.07, 6.45) is 8.11. The normalized spacial score (nSPS) is 41.5. The summed E-state index contributed by atoms with van der Waals surface area (Å²) >= 11 is 0. The molecule has 3 fully saturated rings. The zero-order valence-electron chi connectivity index (χ0n) is 12.6. The number of nitrogens with zero attached hydrogens (tertiary/aromatic N) is 1. The van der Waals surface area contributed by atoms with Gasteiger partial charge in [-0.3, -0.25) is 4.79 Å². The van der Waals surface area contributed by atoms with Gasteiger partial charge in [-0.1, -0.05) is 0 Å². The number of likely N-dealkylation sites (tertiary alicyclic amines) is 1. The number of hydrogen-bond donors (Lipinski definition) is 2. The summed E-state index contributed by atoms with van der Waals surface area (Å²) in [5, 5.41) is 13.7. The highest BCUT2D eigenvalue weighted by Gasteiger charge is 2.35. The van der Waals surface area contributed by atoms with Crippen molar-refractivity contribution in [1.82, 2.24) is 10.2 Å². The second kappa shape index (κ2) is 5.64. The molecule has 0 aromatic rings. The van der Waals surface area contributed by atoms with Crippen molar-refractivity contribution in [3.05, 3.63) is 0 Å². The smallest absolute Gasteiger partial charge is 0.222 e. The first kappa shape index (κ1) is 14.3. The highest BCUT2D eigenvalue weighted by Crippen LogP contribution is 2.33. The molecule has 3 saturated heterocycles. The molecule has 3 atom stereocenters. The van der Waals surface area contributed by atoms with Crippen molar-refractivity contribution in [2.75, 3.05) is 13.1 Å². The topological polar surface area (TPSA) is 52.6 Å². The molecule has 0 saturated carbocycles. The van der Waals surface area contributed by atoms with Gasteiger partial charge in [0, 0.05) is 31.6 Å². The van der Waals surface area contributed by atoms with Crippen molar-refractivity contribution in [2.24, 2.45) is 5.92 Å². The molecule has 4 nitrogen and oxygen atoms in total. The lowest BCUT2D eigenvalue weighted by Gasteiger charge is -2.30. The minimum Gasteiger partial charge on any atom is -0.390 e. The van der Waals surface area contributed by atoms with Gasteiger partial charge in [0.2, 0.25) is 5.91 Å². The molecule has 3 rings (SSSR count). The van der Waals surface area contributed by atoms with Crippen molar-refractivity contribution < 1.29 is 9.90 Å². The maximum Gasteiger partial charge on any atom is 0.222 e. The fourth-order valence-corrected chi connectivity index (χ4v) is 4.23. The van der Waals surface area contributed by atoms with Crippen LogP contribution in [0.4, 0.5) is 0 Å². The van der Waals surface area contributed by atoms with Crippen LogP contribution in [0.15, 0.2) is 0 Å². The van der Waals surface area contributed by atoms with E-state index < -0.39 is 5.60 Å². The molecule has 0 aromatic carbocycles. The molecule has 0 radical (unpaired) electrons. The van der Waals surface area contributed by atoms with Crippen LogP contribution in [0.1, 0.15) is 58.3 Å². The summed E-state index contributed by atoms with van der Waals surface area (Å²) in [4.78, 5) is 14.5. The number of amides is 1. The van der Waals surface area contributed by atoms with Crippen LogP contribution in [-0.2, 0) is 4.79 Å². The maximum atomic E-state index is 12.5. The summed E-state index contributed by atoms with van der Waals surface area (Å²) in [5.41, 5.74) is -0.580. The van der Waals surface area contributed by atoms with Crippen molar-refractivity contribution >= 4 is 5.91 Å². The van der Waals surface area contributed by atoms with Crippen LogP contribution in [0.25, 0.3) is 0 Å². The van der Waals surface area contributed by atoms with Gasteiger partial charge >= 0.3 is 0 Å². The predicted octanol–water partition coefficient (Wildman–Crippen LogP) is 1.67. The van der Waals surface area contributed by atoms with Crippen molar-refractivity contribution in [1.29, 1.82) is 0 Å². The first-order valence-electron chi connectivity index (χ1n) is 8.28. The van der Waals surface area contributed by atoms with Crippen LogP contribution in [0, 0.1) is 5.92 Å². The van der Waals surface area contributed by atoms with E-state index >= 15 is 0 Å². The zero-order chi connectivity index (χ0) is 14.2. The molecule has 0 spiro atoms. The minimum absolute atomic E-state index is 0.314. The van der Waals surface area contributed by atoms with E-state index in [0.29, 0.717) is 23.9 Å². The zero-order valence-corrected chi connectivity index (χ0v) is 12.6. The quantitative estimate of drug-likeness (QED) is 0.809. The molecule has 3 aliphatic rings. The standard InChI is InChI=1S/C16H28N2O2/c1-16(20)5-2-7-18(8-6-16)15(19)11-12-9-13-3-4-14(10-12)17-13/h12-14,17,20H,2-11H2,1H3. The number of rotatable bonds is 2. The third kappa shape index (κ3) is 3.34. The van der Waals surface area contributed by atoms with Crippen LogP contribution >= 0.6 is 0 Å². The van der Waals surface area contributed by atoms with Crippen LogP contribution < -0.4 is 5.32 Å². The van der Waals surface area contributed by atoms with E-state index in [4.69, 9.17) is 0 Å². The third-order valence-corrected chi connectivity index (χ3v) is 5.45. The summed E-state index contributed by atoms with van der Waals surface area (Å²) in [7, 11) is 0. The SMILES string of the molecule is CC1(O)CCCN(C(=O)CC2CC3CCC(C2)N3)CC1. The number of fused-ring (bicyclic) bond motifs is 2. The van der Waals surface area contributed by atoms with E-state index in [1.807, 2.05) is 11.8 Å². The number of piperidine rings is 1. The Balaban J connectivity index is 1.51. The number of aliphatic hydroxyl groups is 1. The molecular formula is C16H28N2O2. The van der Waals surface area contributed by atoms with Crippen LogP contribution in [0.2, 0.25) is 0 Å². The van der Waals surface area contributed by atoms with Gasteiger partial charge in [-0.15, -0.1) is 0 Å². The van der Waals surface area contributed by atoms with E-state index in [9.17, 15) is 9.90 Å². The Morgan fingerprint density at radius 3 is 2.65 bits per heavy atom. The van der Waals surface area contributed by atoms with Crippen molar-refractivity contribution in [3.8, 4) is 0 Å². The lowest BCUT2D eigenvalue weighted by molar-refractivity contribution is -0.132.